The van der Waals surface area contributed by atoms with E-state index in [1.54, 1.807) is 45.0 Å². The lowest BCUT2D eigenvalue weighted by molar-refractivity contribution is 0.0636. The third kappa shape index (κ3) is 6.51. The van der Waals surface area contributed by atoms with Crippen LogP contribution in [0.5, 0.6) is 0 Å². The molecular weight excluding hydrogens is 285 g/mol. The molecule has 1 amide bonds. The summed E-state index contributed by atoms with van der Waals surface area (Å²) >= 11 is 0. The number of carbonyl (C=O) groups excluding carboxylic acids is 1. The molecule has 112 valence electrons. The van der Waals surface area contributed by atoms with Crippen molar-refractivity contribution in [1.82, 2.24) is 0 Å². The molecule has 0 spiro atoms. The van der Waals surface area contributed by atoms with E-state index in [0.717, 1.165) is 0 Å². The van der Waals surface area contributed by atoms with Gasteiger partial charge in [0, 0.05) is 5.69 Å². The summed E-state index contributed by atoms with van der Waals surface area (Å²) in [6.07, 6.45) is -0.668. The molecule has 0 fully saturated rings. The van der Waals surface area contributed by atoms with Crippen molar-refractivity contribution in [3.05, 3.63) is 29.8 Å². The number of ether oxygens (including phenoxy) is 1. The van der Waals surface area contributed by atoms with Crippen LogP contribution in [0.25, 0.3) is 0 Å². The van der Waals surface area contributed by atoms with Gasteiger partial charge in [0.2, 0.25) is 0 Å². The zero-order valence-electron chi connectivity index (χ0n) is 11.6. The number of para-hydroxylation sites is 1. The van der Waals surface area contributed by atoms with Crippen molar-refractivity contribution < 1.29 is 21.8 Å². The van der Waals surface area contributed by atoms with Crippen molar-refractivity contribution in [2.45, 2.75) is 32.8 Å². The highest BCUT2D eigenvalue weighted by Gasteiger charge is 2.17. The van der Waals surface area contributed by atoms with Crippen LogP contribution >= 0.6 is 0 Å². The lowest BCUT2D eigenvalue weighted by Crippen LogP contribution is -2.27. The van der Waals surface area contributed by atoms with E-state index in [1.807, 2.05) is 0 Å². The summed E-state index contributed by atoms with van der Waals surface area (Å²) in [6.45, 7) is 5.19. The van der Waals surface area contributed by atoms with Crippen LogP contribution in [0.4, 0.5) is 14.4 Å². The molecule has 0 radical (unpaired) electrons. The van der Waals surface area contributed by atoms with Crippen LogP contribution in [0.15, 0.2) is 24.3 Å². The predicted octanol–water partition coefficient (Wildman–Crippen LogP) is 2.88. The third-order valence-electron chi connectivity index (χ3n) is 2.27. The second-order valence-corrected chi connectivity index (χ2v) is 6.76. The smallest absolute Gasteiger partial charge is 0.412 e. The van der Waals surface area contributed by atoms with Crippen molar-refractivity contribution >= 4 is 22.0 Å². The minimum Gasteiger partial charge on any atom is -0.444 e. The highest BCUT2D eigenvalue weighted by Crippen LogP contribution is 2.18. The van der Waals surface area contributed by atoms with Crippen molar-refractivity contribution in [3.63, 3.8) is 0 Å². The highest BCUT2D eigenvalue weighted by molar-refractivity contribution is 7.86. The normalized spacial score (nSPS) is 12.0. The number of nitrogens with one attached hydrogen (secondary N) is 1. The first-order valence-corrected chi connectivity index (χ1v) is 7.62. The molecule has 0 bridgehead atoms. The molecule has 1 N–H and O–H groups in total. The number of hydrogen-bond donors (Lipinski definition) is 1. The standard InChI is InChI=1S/C13H18FNO4S/c1-13(2,3)19-12(16)15-11-7-5-4-6-10(11)8-9-20(14,17)18/h4-7H,8-9H2,1-3H3,(H,15,16). The number of rotatable bonds is 4. The Hall–Kier alpha value is -1.63. The predicted molar refractivity (Wildman–Crippen MR) is 74.9 cm³/mol. The summed E-state index contributed by atoms with van der Waals surface area (Å²) in [7, 11) is -4.54. The van der Waals surface area contributed by atoms with Crippen LogP contribution in [-0.2, 0) is 21.4 Å². The maximum absolute atomic E-state index is 12.6. The highest BCUT2D eigenvalue weighted by atomic mass is 32.3. The molecule has 0 saturated heterocycles. The van der Waals surface area contributed by atoms with Crippen molar-refractivity contribution in [2.24, 2.45) is 0 Å². The molecule has 0 aliphatic carbocycles. The summed E-state index contributed by atoms with van der Waals surface area (Å²) in [6, 6.07) is 6.59. The van der Waals surface area contributed by atoms with Gasteiger partial charge in [0.05, 0.1) is 5.75 Å². The largest absolute Gasteiger partial charge is 0.444 e. The van der Waals surface area contributed by atoms with E-state index in [2.05, 4.69) is 5.32 Å². The second-order valence-electron chi connectivity index (χ2n) is 5.28. The van der Waals surface area contributed by atoms with Crippen molar-refractivity contribution in [2.75, 3.05) is 11.1 Å². The van der Waals surface area contributed by atoms with E-state index in [4.69, 9.17) is 4.74 Å². The van der Waals surface area contributed by atoms with Gasteiger partial charge >= 0.3 is 16.3 Å². The molecule has 0 aliphatic rings. The summed E-state index contributed by atoms with van der Waals surface area (Å²) in [5.41, 5.74) is 0.298. The molecule has 0 unspecified atom stereocenters. The Morgan fingerprint density at radius 3 is 2.45 bits per heavy atom. The van der Waals surface area contributed by atoms with Crippen LogP contribution in [-0.4, -0.2) is 25.9 Å². The SMILES string of the molecule is CC(C)(C)OC(=O)Nc1ccccc1CCS(=O)(=O)F. The van der Waals surface area contributed by atoms with Gasteiger partial charge in [-0.2, -0.15) is 8.42 Å². The molecule has 7 heteroatoms. The summed E-state index contributed by atoms with van der Waals surface area (Å²) in [5.74, 6) is -0.625. The lowest BCUT2D eigenvalue weighted by atomic mass is 10.1. The zero-order valence-corrected chi connectivity index (χ0v) is 12.5. The van der Waals surface area contributed by atoms with Gasteiger partial charge in [0.15, 0.2) is 0 Å². The summed E-state index contributed by atoms with van der Waals surface area (Å²) < 4.78 is 38.7. The number of aryl methyl sites for hydroxylation is 1. The molecule has 0 heterocycles. The Morgan fingerprint density at radius 2 is 1.90 bits per heavy atom. The van der Waals surface area contributed by atoms with Gasteiger partial charge in [-0.15, -0.1) is 3.89 Å². The number of hydrogen-bond acceptors (Lipinski definition) is 4. The molecule has 0 aromatic heterocycles. The fourth-order valence-electron chi connectivity index (χ4n) is 1.51. The zero-order chi connectivity index (χ0) is 15.4. The van der Waals surface area contributed by atoms with Gasteiger partial charge in [-0.3, -0.25) is 5.32 Å². The Labute approximate surface area is 118 Å². The molecule has 0 aliphatic heterocycles. The Balaban J connectivity index is 2.78. The molecule has 20 heavy (non-hydrogen) atoms. The van der Waals surface area contributed by atoms with Crippen LogP contribution in [0, 0.1) is 0 Å². The first kappa shape index (κ1) is 16.4. The average Bonchev–Trinajstić information content (AvgIpc) is 2.24. The summed E-state index contributed by atoms with van der Waals surface area (Å²) in [4.78, 5) is 11.7. The second kappa shape index (κ2) is 6.21. The van der Waals surface area contributed by atoms with E-state index in [1.165, 1.54) is 0 Å². The maximum atomic E-state index is 12.6. The maximum Gasteiger partial charge on any atom is 0.412 e. The van der Waals surface area contributed by atoms with Crippen LogP contribution < -0.4 is 5.32 Å². The monoisotopic (exact) mass is 303 g/mol. The first-order chi connectivity index (χ1) is 9.07. The summed E-state index contributed by atoms with van der Waals surface area (Å²) in [5, 5.41) is 2.52. The van der Waals surface area contributed by atoms with Crippen LogP contribution in [0.3, 0.4) is 0 Å². The first-order valence-electron chi connectivity index (χ1n) is 6.07. The van der Waals surface area contributed by atoms with Gasteiger partial charge in [-0.25, -0.2) is 4.79 Å². The fourth-order valence-corrected chi connectivity index (χ4v) is 1.97. The number of benzene rings is 1. The van der Waals surface area contributed by atoms with Gasteiger partial charge in [-0.05, 0) is 38.8 Å². The number of anilines is 1. The van der Waals surface area contributed by atoms with Gasteiger partial charge in [-0.1, -0.05) is 18.2 Å². The van der Waals surface area contributed by atoms with Crippen molar-refractivity contribution in [3.8, 4) is 0 Å². The topological polar surface area (TPSA) is 72.5 Å². The molecule has 1 aromatic carbocycles. The molecule has 5 nitrogen and oxygen atoms in total. The Kier molecular flexibility index (Phi) is 5.10. The Morgan fingerprint density at radius 1 is 1.30 bits per heavy atom. The van der Waals surface area contributed by atoms with E-state index in [9.17, 15) is 17.1 Å². The van der Waals surface area contributed by atoms with Crippen LogP contribution in [0.1, 0.15) is 26.3 Å². The molecule has 0 atom stereocenters. The van der Waals surface area contributed by atoms with E-state index < -0.39 is 27.7 Å². The number of halogens is 1. The molecule has 0 saturated carbocycles. The number of carbonyl (C=O) groups is 1. The minimum absolute atomic E-state index is 0.0230. The van der Waals surface area contributed by atoms with E-state index >= 15 is 0 Å². The lowest BCUT2D eigenvalue weighted by Gasteiger charge is -2.20. The minimum atomic E-state index is -4.54. The van der Waals surface area contributed by atoms with E-state index in [-0.39, 0.29) is 6.42 Å². The van der Waals surface area contributed by atoms with Crippen LogP contribution in [0.2, 0.25) is 0 Å². The fraction of sp³-hybridized carbons (Fsp3) is 0.462. The average molecular weight is 303 g/mol. The van der Waals surface area contributed by atoms with Gasteiger partial charge in [0.1, 0.15) is 5.60 Å². The molecule has 1 rings (SSSR count). The molecular formula is C13H18FNO4S. The Bertz CT molecular complexity index is 578. The van der Waals surface area contributed by atoms with Gasteiger partial charge < -0.3 is 4.74 Å². The van der Waals surface area contributed by atoms with Crippen molar-refractivity contribution in [1.29, 1.82) is 0 Å². The number of amides is 1. The molecule has 1 aromatic rings. The quantitative estimate of drug-likeness (QED) is 0.868. The van der Waals surface area contributed by atoms with Gasteiger partial charge in [0.25, 0.3) is 0 Å². The van der Waals surface area contributed by atoms with E-state index in [0.29, 0.717) is 11.3 Å². The third-order valence-corrected chi connectivity index (χ3v) is 2.96.